The van der Waals surface area contributed by atoms with E-state index in [4.69, 9.17) is 0 Å². The molecule has 3 N–H and O–H groups in total. The molecule has 1 aromatic rings. The number of aliphatic hydroxyl groups excluding tert-OH is 1. The summed E-state index contributed by atoms with van der Waals surface area (Å²) in [5.41, 5.74) is 0.576. The van der Waals surface area contributed by atoms with Gasteiger partial charge < -0.3 is 15.4 Å². The van der Waals surface area contributed by atoms with Gasteiger partial charge in [-0.2, -0.15) is 0 Å². The second kappa shape index (κ2) is 6.30. The Balaban J connectivity index is 2.37. The molecule has 0 aliphatic carbocycles. The minimum Gasteiger partial charge on any atom is -0.377 e. The Labute approximate surface area is 95.5 Å². The van der Waals surface area contributed by atoms with Gasteiger partial charge in [-0.15, -0.1) is 0 Å². The fourth-order valence-electron chi connectivity index (χ4n) is 1.53. The molecule has 0 radical (unpaired) electrons. The lowest BCUT2D eigenvalue weighted by Crippen LogP contribution is -2.43. The number of aliphatic hydroxyl groups is 1. The first-order chi connectivity index (χ1) is 7.69. The fourth-order valence-corrected chi connectivity index (χ4v) is 1.53. The summed E-state index contributed by atoms with van der Waals surface area (Å²) in [6.45, 7) is 5.71. The number of aromatic nitrogens is 1. The maximum absolute atomic E-state index is 11.5. The molecule has 0 spiro atoms. The Kier molecular flexibility index (Phi) is 5.01. The molecule has 0 fully saturated rings. The highest BCUT2D eigenvalue weighted by Crippen LogP contribution is 1.97. The zero-order valence-corrected chi connectivity index (χ0v) is 9.73. The maximum Gasteiger partial charge on any atom is 0.252 e. The molecule has 1 heterocycles. The third-order valence-corrected chi connectivity index (χ3v) is 2.54. The molecule has 1 unspecified atom stereocenters. The predicted octanol–water partition coefficient (Wildman–Crippen LogP) is 0.405. The second-order valence-electron chi connectivity index (χ2n) is 3.51. The van der Waals surface area contributed by atoms with E-state index in [1.54, 1.807) is 18.5 Å². The molecule has 1 rings (SSSR count). The smallest absolute Gasteiger partial charge is 0.252 e. The number of nitrogens with one attached hydrogen (secondary N) is 2. The van der Waals surface area contributed by atoms with Crippen molar-refractivity contribution >= 4 is 5.91 Å². The minimum absolute atomic E-state index is 0.174. The van der Waals surface area contributed by atoms with Crippen LogP contribution < -0.4 is 5.32 Å². The summed E-state index contributed by atoms with van der Waals surface area (Å²) in [6, 6.07) is 1.69. The summed E-state index contributed by atoms with van der Waals surface area (Å²) in [7, 11) is 0. The molecule has 5 heteroatoms. The van der Waals surface area contributed by atoms with Crippen molar-refractivity contribution < 1.29 is 9.90 Å². The molecule has 1 aromatic heterocycles. The van der Waals surface area contributed by atoms with E-state index in [2.05, 4.69) is 10.3 Å². The van der Waals surface area contributed by atoms with Crippen molar-refractivity contribution in [2.45, 2.75) is 20.1 Å². The number of hydrogen-bond acceptors (Lipinski definition) is 3. The summed E-state index contributed by atoms with van der Waals surface area (Å²) in [4.78, 5) is 16.2. The molecule has 0 aliphatic heterocycles. The van der Waals surface area contributed by atoms with E-state index in [1.807, 2.05) is 18.7 Å². The lowest BCUT2D eigenvalue weighted by atomic mass is 10.3. The Bertz CT molecular complexity index is 307. The third-order valence-electron chi connectivity index (χ3n) is 2.54. The summed E-state index contributed by atoms with van der Waals surface area (Å²) >= 11 is 0. The van der Waals surface area contributed by atoms with Gasteiger partial charge in [-0.25, -0.2) is 0 Å². The van der Waals surface area contributed by atoms with Crippen LogP contribution in [0.1, 0.15) is 24.2 Å². The van der Waals surface area contributed by atoms with Crippen LogP contribution in [0, 0.1) is 0 Å². The van der Waals surface area contributed by atoms with Gasteiger partial charge in [0.25, 0.3) is 5.91 Å². The number of rotatable bonds is 6. The Morgan fingerprint density at radius 3 is 2.75 bits per heavy atom. The van der Waals surface area contributed by atoms with Gasteiger partial charge >= 0.3 is 0 Å². The molecule has 0 aromatic carbocycles. The van der Waals surface area contributed by atoms with Crippen molar-refractivity contribution in [1.82, 2.24) is 15.2 Å². The van der Waals surface area contributed by atoms with Gasteiger partial charge in [-0.05, 0) is 19.2 Å². The number of aromatic amines is 1. The molecule has 0 saturated carbocycles. The molecule has 0 bridgehead atoms. The number of carbonyl (C=O) groups is 1. The van der Waals surface area contributed by atoms with Crippen LogP contribution in [-0.2, 0) is 0 Å². The SMILES string of the molecule is CCN(CC)C(O)CNC(=O)c1cc[nH]c1. The number of nitrogens with zero attached hydrogens (tertiary/aromatic N) is 1. The zero-order valence-electron chi connectivity index (χ0n) is 9.73. The van der Waals surface area contributed by atoms with Crippen LogP contribution in [0.15, 0.2) is 18.5 Å². The Hall–Kier alpha value is -1.33. The van der Waals surface area contributed by atoms with Crippen molar-refractivity contribution in [3.05, 3.63) is 24.0 Å². The number of H-pyrrole nitrogens is 1. The zero-order chi connectivity index (χ0) is 12.0. The molecule has 16 heavy (non-hydrogen) atoms. The molecule has 1 amide bonds. The van der Waals surface area contributed by atoms with Gasteiger partial charge in [-0.3, -0.25) is 9.69 Å². The minimum atomic E-state index is -0.627. The van der Waals surface area contributed by atoms with E-state index < -0.39 is 6.23 Å². The predicted molar refractivity (Wildman–Crippen MR) is 62.1 cm³/mol. The highest BCUT2D eigenvalue weighted by molar-refractivity contribution is 5.93. The second-order valence-corrected chi connectivity index (χ2v) is 3.51. The number of hydrogen-bond donors (Lipinski definition) is 3. The first-order valence-corrected chi connectivity index (χ1v) is 5.52. The van der Waals surface area contributed by atoms with Crippen molar-refractivity contribution in [3.8, 4) is 0 Å². The first kappa shape index (κ1) is 12.7. The van der Waals surface area contributed by atoms with Gasteiger partial charge in [0.05, 0.1) is 12.1 Å². The van der Waals surface area contributed by atoms with Crippen LogP contribution in [0.5, 0.6) is 0 Å². The summed E-state index contributed by atoms with van der Waals surface area (Å²) < 4.78 is 0. The van der Waals surface area contributed by atoms with Crippen molar-refractivity contribution in [1.29, 1.82) is 0 Å². The van der Waals surface area contributed by atoms with Crippen LogP contribution in [0.4, 0.5) is 0 Å². The molecular formula is C11H19N3O2. The molecule has 5 nitrogen and oxygen atoms in total. The molecule has 90 valence electrons. The van der Waals surface area contributed by atoms with Crippen molar-refractivity contribution in [3.63, 3.8) is 0 Å². The molecule has 1 atom stereocenters. The van der Waals surface area contributed by atoms with Gasteiger partial charge in [0.2, 0.25) is 0 Å². The average molecular weight is 225 g/mol. The topological polar surface area (TPSA) is 68.4 Å². The van der Waals surface area contributed by atoms with Crippen LogP contribution in [0.3, 0.4) is 0 Å². The fraction of sp³-hybridized carbons (Fsp3) is 0.545. The quantitative estimate of drug-likeness (QED) is 0.614. The summed E-state index contributed by atoms with van der Waals surface area (Å²) in [5.74, 6) is -0.174. The van der Waals surface area contributed by atoms with Crippen LogP contribution in [-0.4, -0.2) is 46.8 Å². The normalized spacial score (nSPS) is 12.8. The largest absolute Gasteiger partial charge is 0.377 e. The lowest BCUT2D eigenvalue weighted by Gasteiger charge is -2.24. The maximum atomic E-state index is 11.5. The highest BCUT2D eigenvalue weighted by Gasteiger charge is 2.13. The van der Waals surface area contributed by atoms with Gasteiger partial charge in [0.15, 0.2) is 0 Å². The van der Waals surface area contributed by atoms with E-state index in [-0.39, 0.29) is 12.5 Å². The third kappa shape index (κ3) is 3.36. The van der Waals surface area contributed by atoms with E-state index in [0.717, 1.165) is 13.1 Å². The van der Waals surface area contributed by atoms with Gasteiger partial charge in [0.1, 0.15) is 6.23 Å². The van der Waals surface area contributed by atoms with Gasteiger partial charge in [0, 0.05) is 12.4 Å². The lowest BCUT2D eigenvalue weighted by molar-refractivity contribution is 0.0119. The van der Waals surface area contributed by atoms with Crippen molar-refractivity contribution in [2.24, 2.45) is 0 Å². The number of likely N-dealkylation sites (N-methyl/N-ethyl adjacent to an activating group) is 1. The summed E-state index contributed by atoms with van der Waals surface area (Å²) in [6.07, 6.45) is 2.69. The van der Waals surface area contributed by atoms with E-state index >= 15 is 0 Å². The average Bonchev–Trinajstić information content (AvgIpc) is 2.81. The van der Waals surface area contributed by atoms with E-state index in [9.17, 15) is 9.90 Å². The van der Waals surface area contributed by atoms with Crippen LogP contribution >= 0.6 is 0 Å². The highest BCUT2D eigenvalue weighted by atomic mass is 16.3. The monoisotopic (exact) mass is 225 g/mol. The number of carbonyl (C=O) groups excluding carboxylic acids is 1. The van der Waals surface area contributed by atoms with Crippen molar-refractivity contribution in [2.75, 3.05) is 19.6 Å². The standard InChI is InChI=1S/C11H19N3O2/c1-3-14(4-2)10(15)8-13-11(16)9-5-6-12-7-9/h5-7,10,12,15H,3-4,8H2,1-2H3,(H,13,16). The molecule has 0 saturated heterocycles. The van der Waals surface area contributed by atoms with Gasteiger partial charge in [-0.1, -0.05) is 13.8 Å². The van der Waals surface area contributed by atoms with E-state index in [1.165, 1.54) is 0 Å². The first-order valence-electron chi connectivity index (χ1n) is 5.52. The van der Waals surface area contributed by atoms with E-state index in [0.29, 0.717) is 5.56 Å². The van der Waals surface area contributed by atoms with Crippen LogP contribution in [0.25, 0.3) is 0 Å². The Morgan fingerprint density at radius 2 is 2.25 bits per heavy atom. The number of amides is 1. The molecule has 0 aliphatic rings. The van der Waals surface area contributed by atoms with Crippen LogP contribution in [0.2, 0.25) is 0 Å². The molecular weight excluding hydrogens is 206 g/mol. The Morgan fingerprint density at radius 1 is 1.56 bits per heavy atom. The summed E-state index contributed by atoms with van der Waals surface area (Å²) in [5, 5.41) is 12.4.